The van der Waals surface area contributed by atoms with Crippen molar-refractivity contribution < 1.29 is 13.2 Å². The van der Waals surface area contributed by atoms with Crippen LogP contribution >= 0.6 is 15.9 Å². The highest BCUT2D eigenvalue weighted by Gasteiger charge is 2.20. The van der Waals surface area contributed by atoms with E-state index in [-0.39, 0.29) is 5.75 Å². The van der Waals surface area contributed by atoms with Crippen LogP contribution in [0.4, 0.5) is 0 Å². The van der Waals surface area contributed by atoms with Crippen molar-refractivity contribution in [3.8, 4) is 16.9 Å². The van der Waals surface area contributed by atoms with Gasteiger partial charge < -0.3 is 4.74 Å². The van der Waals surface area contributed by atoms with E-state index >= 15 is 0 Å². The number of aryl methyl sites for hydroxylation is 2. The second-order valence-corrected chi connectivity index (χ2v) is 9.50. The molecular weight excluding hydrogens is 400 g/mol. The Balaban J connectivity index is 1.83. The molecule has 1 aliphatic carbocycles. The molecule has 0 saturated heterocycles. The molecule has 0 N–H and O–H groups in total. The van der Waals surface area contributed by atoms with Gasteiger partial charge in [-0.05, 0) is 71.7 Å². The van der Waals surface area contributed by atoms with Crippen molar-refractivity contribution in [2.45, 2.75) is 31.5 Å². The first-order valence-corrected chi connectivity index (χ1v) is 11.7. The lowest BCUT2D eigenvalue weighted by molar-refractivity contribution is 0.317. The normalized spacial score (nSPS) is 13.2. The highest BCUT2D eigenvalue weighted by Crippen LogP contribution is 2.39. The number of halogens is 1. The number of alkyl halides is 1. The SMILES string of the molecule is Cc1cc(OCCCS(C)(=O)=O)cc2c1-c1cccc(CBr)c1CC2. The number of sulfone groups is 1. The lowest BCUT2D eigenvalue weighted by Gasteiger charge is -2.24. The Morgan fingerprint density at radius 3 is 2.72 bits per heavy atom. The van der Waals surface area contributed by atoms with Gasteiger partial charge in [0.1, 0.15) is 15.6 Å². The van der Waals surface area contributed by atoms with Gasteiger partial charge in [-0.25, -0.2) is 8.42 Å². The van der Waals surface area contributed by atoms with Crippen LogP contribution in [0.2, 0.25) is 0 Å². The Bertz CT molecular complexity index is 888. The van der Waals surface area contributed by atoms with E-state index in [1.165, 1.54) is 39.6 Å². The number of ether oxygens (including phenoxy) is 1. The fraction of sp³-hybridized carbons (Fsp3) is 0.400. The van der Waals surface area contributed by atoms with Crippen LogP contribution in [-0.2, 0) is 28.0 Å². The molecule has 25 heavy (non-hydrogen) atoms. The van der Waals surface area contributed by atoms with Crippen LogP contribution in [0, 0.1) is 6.92 Å². The van der Waals surface area contributed by atoms with Gasteiger partial charge in [0, 0.05) is 11.6 Å². The molecule has 0 fully saturated rings. The molecule has 0 aromatic heterocycles. The fourth-order valence-corrected chi connectivity index (χ4v) is 4.72. The van der Waals surface area contributed by atoms with Crippen molar-refractivity contribution in [1.29, 1.82) is 0 Å². The smallest absolute Gasteiger partial charge is 0.147 e. The minimum absolute atomic E-state index is 0.166. The van der Waals surface area contributed by atoms with Gasteiger partial charge in [-0.1, -0.05) is 34.1 Å². The van der Waals surface area contributed by atoms with Crippen molar-refractivity contribution >= 4 is 25.8 Å². The van der Waals surface area contributed by atoms with Gasteiger partial charge in [0.15, 0.2) is 0 Å². The van der Waals surface area contributed by atoms with E-state index in [1.54, 1.807) is 0 Å². The van der Waals surface area contributed by atoms with Gasteiger partial charge >= 0.3 is 0 Å². The Labute approximate surface area is 158 Å². The molecule has 0 bridgehead atoms. The lowest BCUT2D eigenvalue weighted by Crippen LogP contribution is -2.10. The molecule has 0 atom stereocenters. The van der Waals surface area contributed by atoms with E-state index in [4.69, 9.17) is 4.74 Å². The summed E-state index contributed by atoms with van der Waals surface area (Å²) in [7, 11) is -2.93. The van der Waals surface area contributed by atoms with Crippen molar-refractivity contribution in [1.82, 2.24) is 0 Å². The summed E-state index contributed by atoms with van der Waals surface area (Å²) in [6.07, 6.45) is 3.83. The largest absolute Gasteiger partial charge is 0.494 e. The maximum atomic E-state index is 11.2. The molecule has 0 heterocycles. The molecule has 0 amide bonds. The molecule has 0 saturated carbocycles. The zero-order valence-corrected chi connectivity index (χ0v) is 17.0. The monoisotopic (exact) mass is 422 g/mol. The third-order valence-electron chi connectivity index (χ3n) is 4.65. The highest BCUT2D eigenvalue weighted by atomic mass is 79.9. The van der Waals surface area contributed by atoms with E-state index in [0.717, 1.165) is 23.9 Å². The molecular formula is C20H23BrO3S. The molecule has 0 aliphatic heterocycles. The maximum absolute atomic E-state index is 11.2. The zero-order chi connectivity index (χ0) is 18.0. The Kier molecular flexibility index (Phi) is 5.54. The first-order valence-electron chi connectivity index (χ1n) is 8.50. The van der Waals surface area contributed by atoms with Gasteiger partial charge in [-0.2, -0.15) is 0 Å². The molecule has 1 aliphatic rings. The number of fused-ring (bicyclic) bond motifs is 3. The summed E-state index contributed by atoms with van der Waals surface area (Å²) >= 11 is 3.59. The molecule has 0 spiro atoms. The minimum Gasteiger partial charge on any atom is -0.494 e. The van der Waals surface area contributed by atoms with E-state index < -0.39 is 9.84 Å². The fourth-order valence-electron chi connectivity index (χ4n) is 3.55. The predicted molar refractivity (Wildman–Crippen MR) is 106 cm³/mol. The summed E-state index contributed by atoms with van der Waals surface area (Å²) in [4.78, 5) is 0. The van der Waals surface area contributed by atoms with Crippen molar-refractivity contribution in [2.24, 2.45) is 0 Å². The van der Waals surface area contributed by atoms with Crippen LogP contribution in [0.1, 0.15) is 28.7 Å². The average molecular weight is 423 g/mol. The molecule has 3 nitrogen and oxygen atoms in total. The summed E-state index contributed by atoms with van der Waals surface area (Å²) in [5.74, 6) is 1.00. The first-order chi connectivity index (χ1) is 11.9. The van der Waals surface area contributed by atoms with Crippen molar-refractivity contribution in [2.75, 3.05) is 18.6 Å². The Morgan fingerprint density at radius 2 is 2.00 bits per heavy atom. The summed E-state index contributed by atoms with van der Waals surface area (Å²) in [6.45, 7) is 2.55. The Morgan fingerprint density at radius 1 is 1.20 bits per heavy atom. The van der Waals surface area contributed by atoms with E-state index in [1.807, 2.05) is 0 Å². The van der Waals surface area contributed by atoms with Crippen LogP contribution in [0.25, 0.3) is 11.1 Å². The molecule has 0 unspecified atom stereocenters. The van der Waals surface area contributed by atoms with Gasteiger partial charge in [-0.15, -0.1) is 0 Å². The molecule has 0 radical (unpaired) electrons. The number of hydrogen-bond acceptors (Lipinski definition) is 3. The van der Waals surface area contributed by atoms with E-state index in [2.05, 4.69) is 53.2 Å². The number of rotatable bonds is 6. The highest BCUT2D eigenvalue weighted by molar-refractivity contribution is 9.08. The van der Waals surface area contributed by atoms with E-state index in [0.29, 0.717) is 13.0 Å². The lowest BCUT2D eigenvalue weighted by atomic mass is 9.81. The van der Waals surface area contributed by atoms with Crippen LogP contribution < -0.4 is 4.74 Å². The molecule has 5 heteroatoms. The quantitative estimate of drug-likeness (QED) is 0.509. The molecule has 2 aromatic rings. The van der Waals surface area contributed by atoms with Crippen LogP contribution in [0.5, 0.6) is 5.75 Å². The standard InChI is InChI=1S/C20H23BrO3S/c1-14-11-17(24-9-4-10-25(2,22)23)12-15-7-8-18-16(13-21)5-3-6-19(18)20(14)15/h3,5-6,11-12H,4,7-10,13H2,1-2H3. The number of benzene rings is 2. The Hall–Kier alpha value is -1.33. The third-order valence-corrected chi connectivity index (χ3v) is 6.28. The van der Waals surface area contributed by atoms with Crippen molar-refractivity contribution in [3.05, 3.63) is 52.6 Å². The first kappa shape index (κ1) is 18.5. The van der Waals surface area contributed by atoms with Gasteiger partial charge in [0.05, 0.1) is 12.4 Å². The van der Waals surface area contributed by atoms with Gasteiger partial charge in [0.25, 0.3) is 0 Å². The molecule has 3 rings (SSSR count). The molecule has 134 valence electrons. The summed E-state index contributed by atoms with van der Waals surface area (Å²) in [5.41, 5.74) is 7.99. The second kappa shape index (κ2) is 7.50. The summed E-state index contributed by atoms with van der Waals surface area (Å²) < 4.78 is 28.2. The molecule has 2 aromatic carbocycles. The van der Waals surface area contributed by atoms with Crippen LogP contribution in [0.3, 0.4) is 0 Å². The van der Waals surface area contributed by atoms with Gasteiger partial charge in [-0.3, -0.25) is 0 Å². The topological polar surface area (TPSA) is 43.4 Å². The second-order valence-electron chi connectivity index (χ2n) is 6.68. The average Bonchev–Trinajstić information content (AvgIpc) is 2.56. The maximum Gasteiger partial charge on any atom is 0.147 e. The third kappa shape index (κ3) is 4.26. The minimum atomic E-state index is -2.93. The van der Waals surface area contributed by atoms with Crippen LogP contribution in [0.15, 0.2) is 30.3 Å². The number of hydrogen-bond donors (Lipinski definition) is 0. The summed E-state index contributed by atoms with van der Waals surface area (Å²) in [6, 6.07) is 10.7. The van der Waals surface area contributed by atoms with E-state index in [9.17, 15) is 8.42 Å². The van der Waals surface area contributed by atoms with Gasteiger partial charge in [0.2, 0.25) is 0 Å². The summed E-state index contributed by atoms with van der Waals surface area (Å²) in [5, 5.41) is 0.881. The van der Waals surface area contributed by atoms with Crippen molar-refractivity contribution in [3.63, 3.8) is 0 Å². The zero-order valence-electron chi connectivity index (χ0n) is 14.6. The predicted octanol–water partition coefficient (Wildman–Crippen LogP) is 4.47. The van der Waals surface area contributed by atoms with Crippen LogP contribution in [-0.4, -0.2) is 27.0 Å².